The Hall–Kier alpha value is -3.41. The van der Waals surface area contributed by atoms with Crippen LogP contribution in [0.25, 0.3) is 32.5 Å². The van der Waals surface area contributed by atoms with Gasteiger partial charge in [0.25, 0.3) is 0 Å². The number of aryl methyl sites for hydroxylation is 2. The maximum Gasteiger partial charge on any atom is 0.162 e. The van der Waals surface area contributed by atoms with Gasteiger partial charge in [-0.25, -0.2) is 9.97 Å². The van der Waals surface area contributed by atoms with Crippen molar-refractivity contribution in [3.8, 4) is 11.4 Å². The minimum atomic E-state index is 0.536. The molecule has 4 aromatic heterocycles. The minimum absolute atomic E-state index is 0.536. The van der Waals surface area contributed by atoms with Crippen molar-refractivity contribution >= 4 is 38.3 Å². The third-order valence-electron chi connectivity index (χ3n) is 8.61. The Morgan fingerprint density at radius 1 is 1.10 bits per heavy atom. The molecule has 0 spiro atoms. The number of hydrogen-bond donors (Lipinski definition) is 1. The highest BCUT2D eigenvalue weighted by molar-refractivity contribution is 7.19. The van der Waals surface area contributed by atoms with Crippen molar-refractivity contribution in [1.82, 2.24) is 39.8 Å². The largest absolute Gasteiger partial charge is 0.378 e. The number of nitrogens with zero attached hydrogens (tertiary/aromatic N) is 8. The SMILES string of the molecule is Cc1nnc2n1[C@H]1CCN(Cc3cc4nc(-c5cccc6[nH]ncc56)nc(N5CCOCC5)c4s3)C[C@@H]1CC2. The van der Waals surface area contributed by atoms with Gasteiger partial charge >= 0.3 is 0 Å². The van der Waals surface area contributed by atoms with Gasteiger partial charge in [-0.3, -0.25) is 10.00 Å². The number of aromatic nitrogens is 7. The molecule has 0 bridgehead atoms. The summed E-state index contributed by atoms with van der Waals surface area (Å²) in [4.78, 5) is 16.6. The molecular weight excluding hydrogens is 510 g/mol. The monoisotopic (exact) mass is 541 g/mol. The summed E-state index contributed by atoms with van der Waals surface area (Å²) >= 11 is 1.85. The second-order valence-electron chi connectivity index (χ2n) is 11.0. The molecule has 5 aromatic rings. The molecule has 0 unspecified atom stereocenters. The lowest BCUT2D eigenvalue weighted by molar-refractivity contribution is 0.0979. The highest BCUT2D eigenvalue weighted by atomic mass is 32.1. The van der Waals surface area contributed by atoms with Gasteiger partial charge in [-0.2, -0.15) is 5.10 Å². The van der Waals surface area contributed by atoms with Crippen LogP contribution in [0.5, 0.6) is 0 Å². The van der Waals surface area contributed by atoms with E-state index in [1.807, 2.05) is 29.7 Å². The van der Waals surface area contributed by atoms with Crippen LogP contribution in [0.4, 0.5) is 5.82 Å². The van der Waals surface area contributed by atoms with Crippen molar-refractivity contribution in [2.75, 3.05) is 44.3 Å². The van der Waals surface area contributed by atoms with Gasteiger partial charge in [0.2, 0.25) is 0 Å². The van der Waals surface area contributed by atoms with E-state index in [9.17, 15) is 0 Å². The van der Waals surface area contributed by atoms with Crippen molar-refractivity contribution < 1.29 is 4.74 Å². The number of rotatable bonds is 4. The zero-order chi connectivity index (χ0) is 25.9. The number of nitrogens with one attached hydrogen (secondary N) is 1. The third kappa shape index (κ3) is 4.02. The van der Waals surface area contributed by atoms with Crippen molar-refractivity contribution in [1.29, 1.82) is 0 Å². The number of piperidine rings is 1. The number of morpholine rings is 1. The van der Waals surface area contributed by atoms with E-state index in [2.05, 4.69) is 53.8 Å². The molecule has 8 rings (SSSR count). The van der Waals surface area contributed by atoms with E-state index in [4.69, 9.17) is 14.7 Å². The summed E-state index contributed by atoms with van der Waals surface area (Å²) in [6, 6.07) is 8.99. The molecule has 2 saturated heterocycles. The molecule has 0 aliphatic carbocycles. The molecule has 11 heteroatoms. The predicted octanol–water partition coefficient (Wildman–Crippen LogP) is 3.98. The zero-order valence-electron chi connectivity index (χ0n) is 22.0. The average Bonchev–Trinajstić information content (AvgIpc) is 3.71. The Bertz CT molecular complexity index is 1670. The van der Waals surface area contributed by atoms with E-state index < -0.39 is 0 Å². The van der Waals surface area contributed by atoms with Gasteiger partial charge in [0, 0.05) is 61.0 Å². The Balaban J connectivity index is 1.12. The van der Waals surface area contributed by atoms with Gasteiger partial charge in [-0.1, -0.05) is 12.1 Å². The molecular formula is C28H31N9OS. The van der Waals surface area contributed by atoms with E-state index in [-0.39, 0.29) is 0 Å². The molecule has 0 amide bonds. The molecule has 1 aromatic carbocycles. The lowest BCUT2D eigenvalue weighted by Gasteiger charge is -2.42. The van der Waals surface area contributed by atoms with Crippen molar-refractivity contribution in [3.05, 3.63) is 47.0 Å². The predicted molar refractivity (Wildman–Crippen MR) is 151 cm³/mol. The van der Waals surface area contributed by atoms with Gasteiger partial charge < -0.3 is 14.2 Å². The first-order chi connectivity index (χ1) is 19.2. The van der Waals surface area contributed by atoms with Crippen LogP contribution in [0.1, 0.15) is 35.4 Å². The summed E-state index contributed by atoms with van der Waals surface area (Å²) in [7, 11) is 0. The molecule has 7 heterocycles. The molecule has 0 saturated carbocycles. The van der Waals surface area contributed by atoms with Crippen LogP contribution in [-0.2, 0) is 17.7 Å². The molecule has 3 aliphatic heterocycles. The van der Waals surface area contributed by atoms with Gasteiger partial charge in [0.1, 0.15) is 11.6 Å². The summed E-state index contributed by atoms with van der Waals surface area (Å²) in [5.74, 6) is 4.66. The average molecular weight is 542 g/mol. The van der Waals surface area contributed by atoms with Crippen molar-refractivity contribution in [3.63, 3.8) is 0 Å². The second kappa shape index (κ2) is 9.35. The first-order valence-corrected chi connectivity index (χ1v) is 14.7. The van der Waals surface area contributed by atoms with E-state index in [1.165, 1.54) is 21.8 Å². The number of H-pyrrole nitrogens is 1. The topological polar surface area (TPSA) is 101 Å². The van der Waals surface area contributed by atoms with E-state index in [0.29, 0.717) is 12.0 Å². The maximum atomic E-state index is 5.66. The molecule has 2 atom stereocenters. The Labute approximate surface area is 230 Å². The zero-order valence-corrected chi connectivity index (χ0v) is 22.8. The molecule has 39 heavy (non-hydrogen) atoms. The number of hydrogen-bond acceptors (Lipinski definition) is 9. The van der Waals surface area contributed by atoms with Crippen LogP contribution in [0.2, 0.25) is 0 Å². The molecule has 3 aliphatic rings. The highest BCUT2D eigenvalue weighted by Gasteiger charge is 2.36. The highest BCUT2D eigenvalue weighted by Crippen LogP contribution is 2.39. The number of fused-ring (bicyclic) bond motifs is 5. The van der Waals surface area contributed by atoms with Crippen molar-refractivity contribution in [2.45, 2.75) is 38.8 Å². The van der Waals surface area contributed by atoms with Crippen LogP contribution in [0.3, 0.4) is 0 Å². The molecule has 0 radical (unpaired) electrons. The molecule has 1 N–H and O–H groups in total. The summed E-state index contributed by atoms with van der Waals surface area (Å²) < 4.78 is 9.25. The summed E-state index contributed by atoms with van der Waals surface area (Å²) in [5.41, 5.74) is 3.03. The lowest BCUT2D eigenvalue weighted by atomic mass is 9.85. The number of benzene rings is 1. The quantitative estimate of drug-likeness (QED) is 0.365. The van der Waals surface area contributed by atoms with Crippen LogP contribution < -0.4 is 4.90 Å². The lowest BCUT2D eigenvalue weighted by Crippen LogP contribution is -2.43. The van der Waals surface area contributed by atoms with Gasteiger partial charge in [0.05, 0.1) is 35.1 Å². The van der Waals surface area contributed by atoms with Gasteiger partial charge in [-0.05, 0) is 37.8 Å². The van der Waals surface area contributed by atoms with Gasteiger partial charge in [-0.15, -0.1) is 21.5 Å². The molecule has 200 valence electrons. The Morgan fingerprint density at radius 3 is 2.95 bits per heavy atom. The summed E-state index contributed by atoms with van der Waals surface area (Å²) in [5, 5.41) is 17.2. The normalized spacial score (nSPS) is 21.9. The summed E-state index contributed by atoms with van der Waals surface area (Å²) in [6.45, 7) is 8.38. The van der Waals surface area contributed by atoms with Crippen LogP contribution >= 0.6 is 11.3 Å². The number of ether oxygens (including phenoxy) is 1. The maximum absolute atomic E-state index is 5.66. The Morgan fingerprint density at radius 2 is 2.03 bits per heavy atom. The molecule has 2 fully saturated rings. The third-order valence-corrected chi connectivity index (χ3v) is 9.71. The van der Waals surface area contributed by atoms with E-state index in [1.54, 1.807) is 0 Å². The molecule has 10 nitrogen and oxygen atoms in total. The van der Waals surface area contributed by atoms with E-state index >= 15 is 0 Å². The van der Waals surface area contributed by atoms with Crippen LogP contribution in [0, 0.1) is 12.8 Å². The van der Waals surface area contributed by atoms with Crippen LogP contribution in [0.15, 0.2) is 30.5 Å². The number of aromatic amines is 1. The summed E-state index contributed by atoms with van der Waals surface area (Å²) in [6.07, 6.45) is 5.24. The number of likely N-dealkylation sites (tertiary alicyclic amines) is 1. The fourth-order valence-electron chi connectivity index (χ4n) is 6.73. The fourth-order valence-corrected chi connectivity index (χ4v) is 7.88. The smallest absolute Gasteiger partial charge is 0.162 e. The number of thiophene rings is 1. The van der Waals surface area contributed by atoms with Crippen LogP contribution in [-0.4, -0.2) is 79.2 Å². The first-order valence-electron chi connectivity index (χ1n) is 13.9. The standard InChI is InChI=1S/C28H31N9OS/c1-17-32-34-25-6-5-18-15-35(8-7-24(18)37(17)25)16-19-13-23-26(39-19)28(36-9-11-38-12-10-36)31-27(30-23)20-3-2-4-22-21(20)14-29-33-22/h2-4,13-14,18,24H,5-12,15-16H2,1H3,(H,29,33)/t18-,24-/m0/s1. The first kappa shape index (κ1) is 23.5. The minimum Gasteiger partial charge on any atom is -0.378 e. The number of anilines is 1. The van der Waals surface area contributed by atoms with Gasteiger partial charge in [0.15, 0.2) is 11.6 Å². The van der Waals surface area contributed by atoms with Crippen molar-refractivity contribution in [2.24, 2.45) is 5.92 Å². The second-order valence-corrected chi connectivity index (χ2v) is 12.1. The fraction of sp³-hybridized carbons (Fsp3) is 0.464. The Kier molecular flexibility index (Phi) is 5.63. The van der Waals surface area contributed by atoms with E-state index in [0.717, 1.165) is 98.2 Å².